The van der Waals surface area contributed by atoms with Crippen molar-refractivity contribution in [1.29, 1.82) is 0 Å². The maximum absolute atomic E-state index is 4.41. The molecule has 4 heteroatoms. The Morgan fingerprint density at radius 3 is 2.95 bits per heavy atom. The van der Waals surface area contributed by atoms with Crippen molar-refractivity contribution in [2.24, 2.45) is 0 Å². The SMILES string of the molecule is CN(Cc1cc(-c2ccccc2)n[nH]1)[C@H]1CCSC1. The maximum atomic E-state index is 4.41. The molecule has 19 heavy (non-hydrogen) atoms. The molecule has 3 rings (SSSR count). The molecular formula is C15H19N3S. The van der Waals surface area contributed by atoms with Gasteiger partial charge in [-0.25, -0.2) is 0 Å². The van der Waals surface area contributed by atoms with E-state index in [0.29, 0.717) is 6.04 Å². The molecule has 1 aromatic carbocycles. The smallest absolute Gasteiger partial charge is 0.0924 e. The third kappa shape index (κ3) is 3.01. The molecule has 3 nitrogen and oxygen atoms in total. The summed E-state index contributed by atoms with van der Waals surface area (Å²) >= 11 is 2.06. The van der Waals surface area contributed by atoms with Gasteiger partial charge in [-0.15, -0.1) is 0 Å². The number of hydrogen-bond donors (Lipinski definition) is 1. The normalized spacial score (nSPS) is 19.2. The average molecular weight is 273 g/mol. The number of H-pyrrole nitrogens is 1. The van der Waals surface area contributed by atoms with Gasteiger partial charge in [-0.1, -0.05) is 30.3 Å². The predicted octanol–water partition coefficient (Wildman–Crippen LogP) is 3.01. The molecule has 2 aromatic rings. The van der Waals surface area contributed by atoms with Crippen molar-refractivity contribution >= 4 is 11.8 Å². The zero-order valence-electron chi connectivity index (χ0n) is 11.2. The minimum atomic E-state index is 0.716. The average Bonchev–Trinajstić information content (AvgIpc) is 3.11. The van der Waals surface area contributed by atoms with Gasteiger partial charge in [0.1, 0.15) is 0 Å². The van der Waals surface area contributed by atoms with Crippen LogP contribution in [0.3, 0.4) is 0 Å². The van der Waals surface area contributed by atoms with Gasteiger partial charge in [0, 0.05) is 29.6 Å². The summed E-state index contributed by atoms with van der Waals surface area (Å²) in [6.45, 7) is 0.949. The Morgan fingerprint density at radius 2 is 2.21 bits per heavy atom. The third-order valence-electron chi connectivity index (χ3n) is 3.65. The van der Waals surface area contributed by atoms with Crippen molar-refractivity contribution in [2.75, 3.05) is 18.6 Å². The second-order valence-electron chi connectivity index (χ2n) is 5.08. The highest BCUT2D eigenvalue weighted by Crippen LogP contribution is 2.23. The standard InChI is InChI=1S/C15H19N3S/c1-18(14-7-8-19-11-14)10-13-9-15(17-16-13)12-5-3-2-4-6-12/h2-6,9,14H,7-8,10-11H2,1H3,(H,16,17)/t14-/m0/s1. The molecule has 1 aliphatic heterocycles. The minimum Gasteiger partial charge on any atom is -0.297 e. The van der Waals surface area contributed by atoms with Gasteiger partial charge in [0.25, 0.3) is 0 Å². The van der Waals surface area contributed by atoms with E-state index in [1.54, 1.807) is 0 Å². The van der Waals surface area contributed by atoms with Gasteiger partial charge in [-0.05, 0) is 25.3 Å². The topological polar surface area (TPSA) is 31.9 Å². The summed E-state index contributed by atoms with van der Waals surface area (Å²) < 4.78 is 0. The molecule has 0 saturated carbocycles. The Balaban J connectivity index is 1.68. The molecule has 1 atom stereocenters. The molecule has 0 spiro atoms. The molecule has 1 aromatic heterocycles. The molecular weight excluding hydrogens is 254 g/mol. The molecule has 1 saturated heterocycles. The van der Waals surface area contributed by atoms with E-state index in [1.807, 2.05) is 18.2 Å². The summed E-state index contributed by atoms with van der Waals surface area (Å²) in [6, 6.07) is 13.2. The lowest BCUT2D eigenvalue weighted by Crippen LogP contribution is -2.30. The van der Waals surface area contributed by atoms with Crippen molar-refractivity contribution < 1.29 is 0 Å². The van der Waals surface area contributed by atoms with Gasteiger partial charge in [-0.2, -0.15) is 16.9 Å². The molecule has 0 aliphatic carbocycles. The number of thioether (sulfide) groups is 1. The third-order valence-corrected chi connectivity index (χ3v) is 4.79. The van der Waals surface area contributed by atoms with E-state index < -0.39 is 0 Å². The first kappa shape index (κ1) is 12.8. The minimum absolute atomic E-state index is 0.716. The molecule has 0 radical (unpaired) electrons. The predicted molar refractivity (Wildman–Crippen MR) is 81.2 cm³/mol. The Hall–Kier alpha value is -1.26. The summed E-state index contributed by atoms with van der Waals surface area (Å²) in [5.41, 5.74) is 3.40. The molecule has 0 unspecified atom stereocenters. The Labute approximate surface area is 118 Å². The van der Waals surface area contributed by atoms with E-state index in [0.717, 1.165) is 12.2 Å². The lowest BCUT2D eigenvalue weighted by Gasteiger charge is -2.22. The highest BCUT2D eigenvalue weighted by Gasteiger charge is 2.20. The highest BCUT2D eigenvalue weighted by molar-refractivity contribution is 7.99. The maximum Gasteiger partial charge on any atom is 0.0924 e. The molecule has 1 fully saturated rings. The van der Waals surface area contributed by atoms with E-state index >= 15 is 0 Å². The van der Waals surface area contributed by atoms with Crippen LogP contribution in [-0.4, -0.2) is 39.7 Å². The fourth-order valence-corrected chi connectivity index (χ4v) is 3.77. The van der Waals surface area contributed by atoms with Gasteiger partial charge in [0.15, 0.2) is 0 Å². The van der Waals surface area contributed by atoms with Crippen molar-refractivity contribution in [1.82, 2.24) is 15.1 Å². The molecule has 100 valence electrons. The zero-order chi connectivity index (χ0) is 13.1. The summed E-state index contributed by atoms with van der Waals surface area (Å²) in [7, 11) is 2.21. The van der Waals surface area contributed by atoms with Crippen molar-refractivity contribution in [3.05, 3.63) is 42.1 Å². The first-order valence-electron chi connectivity index (χ1n) is 6.70. The quantitative estimate of drug-likeness (QED) is 0.929. The van der Waals surface area contributed by atoms with E-state index in [2.05, 4.69) is 52.1 Å². The fraction of sp³-hybridized carbons (Fsp3) is 0.400. The molecule has 0 amide bonds. The Bertz CT molecular complexity index is 517. The van der Waals surface area contributed by atoms with Gasteiger partial charge < -0.3 is 0 Å². The number of aromatic amines is 1. The number of nitrogens with zero attached hydrogens (tertiary/aromatic N) is 2. The Morgan fingerprint density at radius 1 is 1.37 bits per heavy atom. The summed E-state index contributed by atoms with van der Waals surface area (Å²) in [4.78, 5) is 2.43. The Kier molecular flexibility index (Phi) is 3.89. The van der Waals surface area contributed by atoms with Crippen LogP contribution in [0, 0.1) is 0 Å². The van der Waals surface area contributed by atoms with Gasteiger partial charge in [0.2, 0.25) is 0 Å². The highest BCUT2D eigenvalue weighted by atomic mass is 32.2. The van der Waals surface area contributed by atoms with E-state index in [9.17, 15) is 0 Å². The molecule has 0 bridgehead atoms. The van der Waals surface area contributed by atoms with Crippen LogP contribution in [0.2, 0.25) is 0 Å². The molecule has 1 N–H and O–H groups in total. The lowest BCUT2D eigenvalue weighted by molar-refractivity contribution is 0.251. The van der Waals surface area contributed by atoms with E-state index in [1.165, 1.54) is 29.2 Å². The van der Waals surface area contributed by atoms with Crippen LogP contribution in [0.4, 0.5) is 0 Å². The van der Waals surface area contributed by atoms with Crippen LogP contribution in [0.1, 0.15) is 12.1 Å². The van der Waals surface area contributed by atoms with Crippen LogP contribution in [-0.2, 0) is 6.54 Å². The second-order valence-corrected chi connectivity index (χ2v) is 6.23. The fourth-order valence-electron chi connectivity index (χ4n) is 2.47. The zero-order valence-corrected chi connectivity index (χ0v) is 12.0. The van der Waals surface area contributed by atoms with Crippen molar-refractivity contribution in [3.63, 3.8) is 0 Å². The van der Waals surface area contributed by atoms with Crippen molar-refractivity contribution in [2.45, 2.75) is 19.0 Å². The number of aromatic nitrogens is 2. The monoisotopic (exact) mass is 273 g/mol. The number of rotatable bonds is 4. The number of benzene rings is 1. The number of hydrogen-bond acceptors (Lipinski definition) is 3. The first-order chi connectivity index (χ1) is 9.33. The van der Waals surface area contributed by atoms with E-state index in [4.69, 9.17) is 0 Å². The lowest BCUT2D eigenvalue weighted by atomic mass is 10.1. The molecule has 1 aliphatic rings. The summed E-state index contributed by atoms with van der Waals surface area (Å²) in [5.74, 6) is 2.56. The second kappa shape index (κ2) is 5.80. The van der Waals surface area contributed by atoms with Gasteiger partial charge in [0.05, 0.1) is 5.69 Å². The van der Waals surface area contributed by atoms with Gasteiger partial charge in [-0.3, -0.25) is 10.00 Å². The van der Waals surface area contributed by atoms with Crippen LogP contribution in [0.15, 0.2) is 36.4 Å². The first-order valence-corrected chi connectivity index (χ1v) is 7.86. The number of nitrogens with one attached hydrogen (secondary N) is 1. The van der Waals surface area contributed by atoms with Crippen LogP contribution < -0.4 is 0 Å². The largest absolute Gasteiger partial charge is 0.297 e. The van der Waals surface area contributed by atoms with Crippen LogP contribution >= 0.6 is 11.8 Å². The summed E-state index contributed by atoms with van der Waals surface area (Å²) in [6.07, 6.45) is 1.31. The van der Waals surface area contributed by atoms with Crippen LogP contribution in [0.25, 0.3) is 11.3 Å². The van der Waals surface area contributed by atoms with Crippen molar-refractivity contribution in [3.8, 4) is 11.3 Å². The van der Waals surface area contributed by atoms with E-state index in [-0.39, 0.29) is 0 Å². The van der Waals surface area contributed by atoms with Gasteiger partial charge >= 0.3 is 0 Å². The molecule has 2 heterocycles. The summed E-state index contributed by atoms with van der Waals surface area (Å²) in [5, 5.41) is 7.57. The van der Waals surface area contributed by atoms with Crippen LogP contribution in [0.5, 0.6) is 0 Å².